The van der Waals surface area contributed by atoms with Crippen molar-refractivity contribution in [2.24, 2.45) is 0 Å². The van der Waals surface area contributed by atoms with E-state index < -0.39 is 24.4 Å². The smallest absolute Gasteiger partial charge is 0.358 e. The van der Waals surface area contributed by atoms with Crippen LogP contribution in [-0.2, 0) is 24.0 Å². The number of carbonyl (C=O) groups excluding carboxylic acids is 3. The molecule has 0 aliphatic carbocycles. The van der Waals surface area contributed by atoms with E-state index in [1.807, 2.05) is 0 Å². The summed E-state index contributed by atoms with van der Waals surface area (Å²) < 4.78 is 4.42. The van der Waals surface area contributed by atoms with Gasteiger partial charge in [-0.2, -0.15) is 0 Å². The average molecular weight is 201 g/mol. The molecule has 0 spiro atoms. The summed E-state index contributed by atoms with van der Waals surface area (Å²) in [5, 5.41) is 0.440. The van der Waals surface area contributed by atoms with Crippen LogP contribution in [0, 0.1) is 0 Å². The van der Waals surface area contributed by atoms with Gasteiger partial charge in [0.1, 0.15) is 6.61 Å². The molecule has 1 aliphatic rings. The molecular formula is C7H9N2O5-. The number of nitrogens with one attached hydrogen (secondary N) is 1. The van der Waals surface area contributed by atoms with Crippen LogP contribution in [-0.4, -0.2) is 36.2 Å². The minimum atomic E-state index is -0.860. The Labute approximate surface area is 79.7 Å². The van der Waals surface area contributed by atoms with Crippen LogP contribution in [0.1, 0.15) is 12.8 Å². The third-order valence-electron chi connectivity index (χ3n) is 1.52. The molecule has 1 heterocycles. The van der Waals surface area contributed by atoms with Crippen LogP contribution in [0.25, 0.3) is 5.73 Å². The third kappa shape index (κ3) is 2.51. The molecule has 1 N–H and O–H groups in total. The second-order valence-electron chi connectivity index (χ2n) is 2.54. The monoisotopic (exact) mass is 201 g/mol. The van der Waals surface area contributed by atoms with Gasteiger partial charge in [0.2, 0.25) is 0 Å². The number of hydroxylamine groups is 2. The van der Waals surface area contributed by atoms with Crippen LogP contribution in [0.15, 0.2) is 0 Å². The van der Waals surface area contributed by atoms with Crippen molar-refractivity contribution >= 4 is 17.8 Å². The van der Waals surface area contributed by atoms with Gasteiger partial charge in [0.05, 0.1) is 0 Å². The van der Waals surface area contributed by atoms with Crippen molar-refractivity contribution in [1.29, 1.82) is 0 Å². The summed E-state index contributed by atoms with van der Waals surface area (Å²) >= 11 is 0. The molecule has 1 fully saturated rings. The quantitative estimate of drug-likeness (QED) is 0.577. The molecule has 7 nitrogen and oxygen atoms in total. The lowest BCUT2D eigenvalue weighted by Crippen LogP contribution is -2.33. The van der Waals surface area contributed by atoms with Crippen molar-refractivity contribution in [3.8, 4) is 0 Å². The summed E-state index contributed by atoms with van der Waals surface area (Å²) in [4.78, 5) is 37.2. The number of nitrogens with zero attached hydrogens (tertiary/aromatic N) is 1. The Morgan fingerprint density at radius 2 is 1.93 bits per heavy atom. The fourth-order valence-corrected chi connectivity index (χ4v) is 0.920. The summed E-state index contributed by atoms with van der Waals surface area (Å²) in [6, 6.07) is 0. The molecule has 0 unspecified atom stereocenters. The van der Waals surface area contributed by atoms with Crippen LogP contribution in [0.3, 0.4) is 0 Å². The van der Waals surface area contributed by atoms with Gasteiger partial charge >= 0.3 is 5.97 Å². The summed E-state index contributed by atoms with van der Waals surface area (Å²) in [7, 11) is 0. The van der Waals surface area contributed by atoms with E-state index in [0.29, 0.717) is 5.06 Å². The van der Waals surface area contributed by atoms with Crippen molar-refractivity contribution in [3.63, 3.8) is 0 Å². The van der Waals surface area contributed by atoms with Crippen LogP contribution < -0.4 is 0 Å². The van der Waals surface area contributed by atoms with Gasteiger partial charge in [0, 0.05) is 12.8 Å². The molecule has 0 saturated carbocycles. The maximum absolute atomic E-state index is 10.9. The first-order valence-corrected chi connectivity index (χ1v) is 3.94. The summed E-state index contributed by atoms with van der Waals surface area (Å²) in [5.41, 5.74) is 6.58. The van der Waals surface area contributed by atoms with Crippen LogP contribution in [0.2, 0.25) is 0 Å². The lowest BCUT2D eigenvalue weighted by molar-refractivity contribution is -0.200. The van der Waals surface area contributed by atoms with Crippen molar-refractivity contribution in [1.82, 2.24) is 5.06 Å². The Hall–Kier alpha value is -1.47. The molecule has 1 saturated heterocycles. The number of imide groups is 1. The highest BCUT2D eigenvalue weighted by Crippen LogP contribution is 2.11. The fourth-order valence-electron chi connectivity index (χ4n) is 0.920. The molecule has 7 heteroatoms. The number of carbonyl (C=O) groups is 3. The number of hydrogen-bond acceptors (Lipinski definition) is 5. The van der Waals surface area contributed by atoms with Crippen molar-refractivity contribution < 1.29 is 24.0 Å². The molecule has 1 rings (SSSR count). The Bertz CT molecular complexity index is 249. The van der Waals surface area contributed by atoms with E-state index >= 15 is 0 Å². The van der Waals surface area contributed by atoms with Crippen LogP contribution in [0.5, 0.6) is 0 Å². The third-order valence-corrected chi connectivity index (χ3v) is 1.52. The number of ether oxygens (including phenoxy) is 1. The predicted molar refractivity (Wildman–Crippen MR) is 42.3 cm³/mol. The summed E-state index contributed by atoms with van der Waals surface area (Å²) in [5.74, 6) is -1.93. The zero-order valence-corrected chi connectivity index (χ0v) is 7.32. The van der Waals surface area contributed by atoms with Gasteiger partial charge in [0.25, 0.3) is 11.8 Å². The zero-order valence-electron chi connectivity index (χ0n) is 7.32. The maximum atomic E-state index is 10.9. The van der Waals surface area contributed by atoms with Gasteiger partial charge in [-0.3, -0.25) is 9.59 Å². The second-order valence-corrected chi connectivity index (χ2v) is 2.54. The van der Waals surface area contributed by atoms with Gasteiger partial charge < -0.3 is 15.3 Å². The Morgan fingerprint density at radius 3 is 2.43 bits per heavy atom. The average Bonchev–Trinajstić information content (AvgIpc) is 2.46. The maximum Gasteiger partial charge on any atom is 0.358 e. The van der Waals surface area contributed by atoms with Gasteiger partial charge in [-0.1, -0.05) is 0 Å². The number of hydrogen-bond donors (Lipinski definition) is 0. The normalized spacial score (nSPS) is 16.2. The zero-order chi connectivity index (χ0) is 10.6. The van der Waals surface area contributed by atoms with E-state index in [-0.39, 0.29) is 19.6 Å². The minimum Gasteiger partial charge on any atom is -0.655 e. The first-order valence-electron chi connectivity index (χ1n) is 3.94. The van der Waals surface area contributed by atoms with Crippen molar-refractivity contribution in [2.75, 3.05) is 13.3 Å². The topological polar surface area (TPSA) is 96.7 Å². The standard InChI is InChI=1S/C7H9N2O5/c8-4-13-3-7(12)14-9-5(10)1-2-6(9)11/h8H,1-4H2/q-1. The predicted octanol–water partition coefficient (Wildman–Crippen LogP) is -0.380. The number of amides is 2. The first kappa shape index (κ1) is 10.6. The highest BCUT2D eigenvalue weighted by Gasteiger charge is 2.32. The molecular weight excluding hydrogens is 192 g/mol. The van der Waals surface area contributed by atoms with Crippen LogP contribution in [0.4, 0.5) is 0 Å². The molecule has 0 radical (unpaired) electrons. The van der Waals surface area contributed by atoms with Crippen molar-refractivity contribution in [3.05, 3.63) is 5.73 Å². The van der Waals surface area contributed by atoms with E-state index in [4.69, 9.17) is 5.73 Å². The lowest BCUT2D eigenvalue weighted by atomic mass is 10.4. The molecule has 0 bridgehead atoms. The molecule has 1 aliphatic heterocycles. The van der Waals surface area contributed by atoms with Gasteiger partial charge in [-0.25, -0.2) is 4.79 Å². The highest BCUT2D eigenvalue weighted by atomic mass is 16.7. The lowest BCUT2D eigenvalue weighted by Gasteiger charge is -2.12. The molecule has 0 aromatic heterocycles. The Morgan fingerprint density at radius 1 is 1.36 bits per heavy atom. The van der Waals surface area contributed by atoms with Crippen LogP contribution >= 0.6 is 0 Å². The van der Waals surface area contributed by atoms with Crippen molar-refractivity contribution in [2.45, 2.75) is 12.8 Å². The van der Waals surface area contributed by atoms with E-state index in [1.165, 1.54) is 0 Å². The van der Waals surface area contributed by atoms with Gasteiger partial charge in [0.15, 0.2) is 0 Å². The molecule has 0 aromatic carbocycles. The Balaban J connectivity index is 2.39. The molecule has 2 amide bonds. The molecule has 0 aromatic rings. The fraction of sp³-hybridized carbons (Fsp3) is 0.571. The highest BCUT2D eigenvalue weighted by molar-refractivity contribution is 6.01. The van der Waals surface area contributed by atoms with Gasteiger partial charge in [-0.05, 0) is 6.73 Å². The number of rotatable bonds is 4. The van der Waals surface area contributed by atoms with Gasteiger partial charge in [-0.15, -0.1) is 5.06 Å². The van der Waals surface area contributed by atoms with E-state index in [9.17, 15) is 14.4 Å². The van der Waals surface area contributed by atoms with E-state index in [2.05, 4.69) is 9.57 Å². The Kier molecular flexibility index (Phi) is 3.55. The molecule has 0 atom stereocenters. The SMILES string of the molecule is [NH-]COCC(=O)ON1C(=O)CCC1=O. The minimum absolute atomic E-state index is 0.0609. The largest absolute Gasteiger partial charge is 0.655 e. The second kappa shape index (κ2) is 4.68. The van der Waals surface area contributed by atoms with E-state index in [1.54, 1.807) is 0 Å². The molecule has 14 heavy (non-hydrogen) atoms. The summed E-state index contributed by atoms with van der Waals surface area (Å²) in [6.45, 7) is -0.822. The molecule has 78 valence electrons. The van der Waals surface area contributed by atoms with E-state index in [0.717, 1.165) is 0 Å². The first-order chi connectivity index (χ1) is 6.65. The summed E-state index contributed by atoms with van der Waals surface area (Å²) in [6.07, 6.45) is 0.122.